The van der Waals surface area contributed by atoms with Crippen molar-refractivity contribution in [1.29, 1.82) is 0 Å². The van der Waals surface area contributed by atoms with Crippen LogP contribution in [0.2, 0.25) is 0 Å². The maximum absolute atomic E-state index is 9.23. The number of hydrogen-bond acceptors (Lipinski definition) is 3. The summed E-state index contributed by atoms with van der Waals surface area (Å²) in [5.74, 6) is 1.20. The van der Waals surface area contributed by atoms with Gasteiger partial charge in [0.2, 0.25) is 0 Å². The first-order valence-corrected chi connectivity index (χ1v) is 6.88. The molecule has 106 valence electrons. The number of aromatic hydroxyl groups is 1. The van der Waals surface area contributed by atoms with Gasteiger partial charge in [0.1, 0.15) is 11.5 Å². The molecule has 0 unspecified atom stereocenters. The highest BCUT2D eigenvalue weighted by Crippen LogP contribution is 2.15. The van der Waals surface area contributed by atoms with Crippen molar-refractivity contribution in [1.82, 2.24) is 5.32 Å². The fourth-order valence-corrected chi connectivity index (χ4v) is 1.97. The number of phenolic OH excluding ortho intramolecular Hbond substituents is 1. The van der Waals surface area contributed by atoms with E-state index in [4.69, 9.17) is 4.74 Å². The monoisotopic (exact) mass is 271 g/mol. The summed E-state index contributed by atoms with van der Waals surface area (Å²) >= 11 is 0. The highest BCUT2D eigenvalue weighted by Gasteiger charge is 2.00. The van der Waals surface area contributed by atoms with Crippen molar-refractivity contribution in [2.24, 2.45) is 0 Å². The zero-order valence-corrected chi connectivity index (χ0v) is 12.0. The van der Waals surface area contributed by atoms with Crippen LogP contribution in [0.5, 0.6) is 11.5 Å². The Labute approximate surface area is 120 Å². The first-order chi connectivity index (χ1) is 9.63. The third-order valence-electron chi connectivity index (χ3n) is 2.86. The minimum absolute atomic E-state index is 0.190. The summed E-state index contributed by atoms with van der Waals surface area (Å²) in [6, 6.07) is 15.4. The third kappa shape index (κ3) is 4.59. The van der Waals surface area contributed by atoms with E-state index < -0.39 is 0 Å². The van der Waals surface area contributed by atoms with Crippen LogP contribution in [0.15, 0.2) is 48.5 Å². The van der Waals surface area contributed by atoms with Gasteiger partial charge < -0.3 is 15.2 Å². The number of rotatable bonds is 6. The largest absolute Gasteiger partial charge is 0.508 e. The van der Waals surface area contributed by atoms with Crippen LogP contribution in [-0.2, 0) is 13.1 Å². The van der Waals surface area contributed by atoms with E-state index in [1.807, 2.05) is 38.1 Å². The molecule has 0 spiro atoms. The molecule has 2 rings (SSSR count). The molecule has 0 aliphatic rings. The topological polar surface area (TPSA) is 41.5 Å². The zero-order valence-electron chi connectivity index (χ0n) is 12.0. The lowest BCUT2D eigenvalue weighted by molar-refractivity contribution is 0.242. The van der Waals surface area contributed by atoms with E-state index in [9.17, 15) is 5.11 Å². The second-order valence-corrected chi connectivity index (χ2v) is 5.08. The predicted octanol–water partition coefficient (Wildman–Crippen LogP) is 3.47. The molecule has 0 aliphatic carbocycles. The molecule has 0 fully saturated rings. The molecule has 0 radical (unpaired) electrons. The highest BCUT2D eigenvalue weighted by atomic mass is 16.5. The molecule has 0 aliphatic heterocycles. The van der Waals surface area contributed by atoms with Crippen molar-refractivity contribution < 1.29 is 9.84 Å². The van der Waals surface area contributed by atoms with Crippen LogP contribution in [0.25, 0.3) is 0 Å². The van der Waals surface area contributed by atoms with Gasteiger partial charge in [-0.2, -0.15) is 0 Å². The molecule has 3 heteroatoms. The SMILES string of the molecule is CC(C)Oc1cccc(CNCc2ccc(O)cc2)c1. The maximum atomic E-state index is 9.23. The van der Waals surface area contributed by atoms with Gasteiger partial charge in [0, 0.05) is 13.1 Å². The normalized spacial score (nSPS) is 10.8. The summed E-state index contributed by atoms with van der Waals surface area (Å²) < 4.78 is 5.68. The molecular formula is C17H21NO2. The molecule has 2 aromatic carbocycles. The molecule has 20 heavy (non-hydrogen) atoms. The molecule has 2 aromatic rings. The van der Waals surface area contributed by atoms with Crippen molar-refractivity contribution in [2.75, 3.05) is 0 Å². The van der Waals surface area contributed by atoms with Crippen LogP contribution in [0.4, 0.5) is 0 Å². The Morgan fingerprint density at radius 1 is 1.00 bits per heavy atom. The summed E-state index contributed by atoms with van der Waals surface area (Å²) in [5, 5.41) is 12.6. The average molecular weight is 271 g/mol. The zero-order chi connectivity index (χ0) is 14.4. The van der Waals surface area contributed by atoms with Crippen LogP contribution in [0, 0.1) is 0 Å². The molecular weight excluding hydrogens is 250 g/mol. The van der Waals surface area contributed by atoms with Gasteiger partial charge in [-0.3, -0.25) is 0 Å². The van der Waals surface area contributed by atoms with Gasteiger partial charge in [-0.15, -0.1) is 0 Å². The van der Waals surface area contributed by atoms with Crippen LogP contribution in [-0.4, -0.2) is 11.2 Å². The van der Waals surface area contributed by atoms with Crippen LogP contribution >= 0.6 is 0 Å². The lowest BCUT2D eigenvalue weighted by Gasteiger charge is -2.11. The van der Waals surface area contributed by atoms with Crippen molar-refractivity contribution in [2.45, 2.75) is 33.0 Å². The van der Waals surface area contributed by atoms with Gasteiger partial charge >= 0.3 is 0 Å². The van der Waals surface area contributed by atoms with Crippen molar-refractivity contribution in [3.8, 4) is 11.5 Å². The second-order valence-electron chi connectivity index (χ2n) is 5.08. The van der Waals surface area contributed by atoms with Gasteiger partial charge in [-0.1, -0.05) is 24.3 Å². The smallest absolute Gasteiger partial charge is 0.120 e. The number of benzene rings is 2. The van der Waals surface area contributed by atoms with E-state index in [-0.39, 0.29) is 6.10 Å². The Kier molecular flexibility index (Phi) is 5.02. The quantitative estimate of drug-likeness (QED) is 0.845. The second kappa shape index (κ2) is 6.96. The van der Waals surface area contributed by atoms with E-state index in [0.717, 1.165) is 24.4 Å². The van der Waals surface area contributed by atoms with Gasteiger partial charge in [0.05, 0.1) is 6.10 Å². The molecule has 0 saturated carbocycles. The Bertz CT molecular complexity index is 535. The Balaban J connectivity index is 1.86. The molecule has 0 aromatic heterocycles. The summed E-state index contributed by atoms with van der Waals surface area (Å²) in [5.41, 5.74) is 2.35. The van der Waals surface area contributed by atoms with Gasteiger partial charge in [-0.05, 0) is 49.2 Å². The Morgan fingerprint density at radius 2 is 1.70 bits per heavy atom. The van der Waals surface area contributed by atoms with Crippen molar-refractivity contribution in [3.63, 3.8) is 0 Å². The standard InChI is InChI=1S/C17H21NO2/c1-13(2)20-17-5-3-4-15(10-17)12-18-11-14-6-8-16(19)9-7-14/h3-10,13,18-19H,11-12H2,1-2H3. The minimum Gasteiger partial charge on any atom is -0.508 e. The van der Waals surface area contributed by atoms with E-state index in [1.165, 1.54) is 5.56 Å². The van der Waals surface area contributed by atoms with Gasteiger partial charge in [0.15, 0.2) is 0 Å². The van der Waals surface area contributed by atoms with E-state index >= 15 is 0 Å². The molecule has 0 atom stereocenters. The van der Waals surface area contributed by atoms with Crippen LogP contribution in [0.3, 0.4) is 0 Å². The lowest BCUT2D eigenvalue weighted by Crippen LogP contribution is -2.13. The van der Waals surface area contributed by atoms with E-state index in [2.05, 4.69) is 17.4 Å². The van der Waals surface area contributed by atoms with Crippen LogP contribution in [0.1, 0.15) is 25.0 Å². The highest BCUT2D eigenvalue weighted by molar-refractivity contribution is 5.29. The van der Waals surface area contributed by atoms with E-state index in [1.54, 1.807) is 12.1 Å². The molecule has 0 saturated heterocycles. The fraction of sp³-hybridized carbons (Fsp3) is 0.294. The lowest BCUT2D eigenvalue weighted by atomic mass is 10.2. The number of nitrogens with one attached hydrogen (secondary N) is 1. The Morgan fingerprint density at radius 3 is 2.40 bits per heavy atom. The third-order valence-corrected chi connectivity index (χ3v) is 2.86. The molecule has 0 bridgehead atoms. The molecule has 0 heterocycles. The van der Waals surface area contributed by atoms with Crippen molar-refractivity contribution in [3.05, 3.63) is 59.7 Å². The number of phenols is 1. The summed E-state index contributed by atoms with van der Waals surface area (Å²) in [7, 11) is 0. The number of hydrogen-bond donors (Lipinski definition) is 2. The Hall–Kier alpha value is -2.00. The van der Waals surface area contributed by atoms with Gasteiger partial charge in [0.25, 0.3) is 0 Å². The predicted molar refractivity (Wildman–Crippen MR) is 80.9 cm³/mol. The first kappa shape index (κ1) is 14.4. The summed E-state index contributed by atoms with van der Waals surface area (Å²) in [4.78, 5) is 0. The maximum Gasteiger partial charge on any atom is 0.120 e. The molecule has 0 amide bonds. The molecule has 2 N–H and O–H groups in total. The minimum atomic E-state index is 0.190. The number of ether oxygens (including phenoxy) is 1. The van der Waals surface area contributed by atoms with Crippen molar-refractivity contribution >= 4 is 0 Å². The van der Waals surface area contributed by atoms with Gasteiger partial charge in [-0.25, -0.2) is 0 Å². The van der Waals surface area contributed by atoms with Crippen LogP contribution < -0.4 is 10.1 Å². The average Bonchev–Trinajstić information content (AvgIpc) is 2.41. The fourth-order valence-electron chi connectivity index (χ4n) is 1.97. The summed E-state index contributed by atoms with van der Waals surface area (Å²) in [6.07, 6.45) is 0.190. The molecule has 3 nitrogen and oxygen atoms in total. The summed E-state index contributed by atoms with van der Waals surface area (Å²) in [6.45, 7) is 5.61. The first-order valence-electron chi connectivity index (χ1n) is 6.88. The van der Waals surface area contributed by atoms with E-state index in [0.29, 0.717) is 5.75 Å².